The van der Waals surface area contributed by atoms with E-state index in [4.69, 9.17) is 0 Å². The number of alkyl halides is 1. The van der Waals surface area contributed by atoms with Gasteiger partial charge in [0, 0.05) is 36.9 Å². The molecular weight excluding hydrogens is 276 g/mol. The number of nitrogens with zero attached hydrogens (tertiary/aromatic N) is 2. The molecule has 1 aliphatic carbocycles. The molecule has 1 aliphatic rings. The quantitative estimate of drug-likeness (QED) is 0.772. The molecule has 0 unspecified atom stereocenters. The van der Waals surface area contributed by atoms with Crippen molar-refractivity contribution in [3.8, 4) is 0 Å². The van der Waals surface area contributed by atoms with Crippen molar-refractivity contribution in [2.24, 2.45) is 0 Å². The molecule has 1 aromatic rings. The van der Waals surface area contributed by atoms with Crippen molar-refractivity contribution in [2.75, 3.05) is 11.9 Å². The fourth-order valence-corrected chi connectivity index (χ4v) is 3.13. The van der Waals surface area contributed by atoms with Crippen LogP contribution in [0.4, 0.5) is 0 Å². The minimum Gasteiger partial charge on any atom is -0.295 e. The first kappa shape index (κ1) is 13.0. The van der Waals surface area contributed by atoms with Crippen molar-refractivity contribution >= 4 is 15.9 Å². The summed E-state index contributed by atoms with van der Waals surface area (Å²) in [5.41, 5.74) is 1.33. The molecule has 0 radical (unpaired) electrons. The Kier molecular flexibility index (Phi) is 5.46. The average molecular weight is 297 g/mol. The van der Waals surface area contributed by atoms with E-state index in [0.717, 1.165) is 24.5 Å². The summed E-state index contributed by atoms with van der Waals surface area (Å²) >= 11 is 3.57. The van der Waals surface area contributed by atoms with Crippen LogP contribution in [0.1, 0.15) is 37.7 Å². The second kappa shape index (κ2) is 7.12. The lowest BCUT2D eigenvalue weighted by Crippen LogP contribution is -2.37. The highest BCUT2D eigenvalue weighted by Crippen LogP contribution is 2.23. The van der Waals surface area contributed by atoms with Gasteiger partial charge in [0.15, 0.2) is 0 Å². The summed E-state index contributed by atoms with van der Waals surface area (Å²) < 4.78 is 0. The molecule has 2 nitrogen and oxygen atoms in total. The number of halogens is 1. The summed E-state index contributed by atoms with van der Waals surface area (Å²) in [6.45, 7) is 2.18. The van der Waals surface area contributed by atoms with E-state index in [9.17, 15) is 0 Å². The molecule has 2 rings (SSSR count). The Morgan fingerprint density at radius 3 is 2.76 bits per heavy atom. The molecule has 0 atom stereocenters. The van der Waals surface area contributed by atoms with Crippen molar-refractivity contribution in [1.82, 2.24) is 9.88 Å². The van der Waals surface area contributed by atoms with Crippen LogP contribution in [0.5, 0.6) is 0 Å². The van der Waals surface area contributed by atoms with Gasteiger partial charge in [0.25, 0.3) is 0 Å². The van der Waals surface area contributed by atoms with Gasteiger partial charge in [-0.2, -0.15) is 0 Å². The van der Waals surface area contributed by atoms with E-state index in [1.807, 2.05) is 18.5 Å². The molecule has 17 heavy (non-hydrogen) atoms. The maximum atomic E-state index is 4.20. The van der Waals surface area contributed by atoms with Crippen LogP contribution >= 0.6 is 15.9 Å². The molecule has 94 valence electrons. The van der Waals surface area contributed by atoms with Crippen LogP contribution in [0.25, 0.3) is 0 Å². The lowest BCUT2D eigenvalue weighted by atomic mass is 9.94. The standard InChI is InChI=1S/C14H21BrN2/c15-8-10-17(14-6-2-1-3-7-14)12-13-5-4-9-16-11-13/h4-5,9,11,14H,1-3,6-8,10,12H2. The molecule has 1 saturated carbocycles. The van der Waals surface area contributed by atoms with E-state index in [1.54, 1.807) is 0 Å². The van der Waals surface area contributed by atoms with Crippen LogP contribution in [0.15, 0.2) is 24.5 Å². The number of rotatable bonds is 5. The van der Waals surface area contributed by atoms with Gasteiger partial charge < -0.3 is 0 Å². The highest BCUT2D eigenvalue weighted by atomic mass is 79.9. The summed E-state index contributed by atoms with van der Waals surface area (Å²) in [6, 6.07) is 4.99. The fraction of sp³-hybridized carbons (Fsp3) is 0.643. The third-order valence-corrected chi connectivity index (χ3v) is 3.93. The van der Waals surface area contributed by atoms with Crippen molar-refractivity contribution < 1.29 is 0 Å². The zero-order chi connectivity index (χ0) is 11.9. The molecule has 0 aliphatic heterocycles. The lowest BCUT2D eigenvalue weighted by Gasteiger charge is -2.34. The second-order valence-electron chi connectivity index (χ2n) is 4.81. The van der Waals surface area contributed by atoms with Crippen LogP contribution in [-0.2, 0) is 6.54 Å². The van der Waals surface area contributed by atoms with Crippen molar-refractivity contribution in [2.45, 2.75) is 44.7 Å². The minimum atomic E-state index is 0.779. The Labute approximate surface area is 113 Å². The van der Waals surface area contributed by atoms with Crippen LogP contribution in [0, 0.1) is 0 Å². The van der Waals surface area contributed by atoms with Crippen molar-refractivity contribution in [1.29, 1.82) is 0 Å². The molecule has 0 aromatic carbocycles. The van der Waals surface area contributed by atoms with Gasteiger partial charge >= 0.3 is 0 Å². The van der Waals surface area contributed by atoms with Crippen LogP contribution in [0.3, 0.4) is 0 Å². The summed E-state index contributed by atoms with van der Waals surface area (Å²) in [6.07, 6.45) is 10.8. The highest BCUT2D eigenvalue weighted by Gasteiger charge is 2.20. The predicted molar refractivity (Wildman–Crippen MR) is 75.3 cm³/mol. The van der Waals surface area contributed by atoms with E-state index < -0.39 is 0 Å². The monoisotopic (exact) mass is 296 g/mol. The molecule has 0 amide bonds. The number of hydrogen-bond donors (Lipinski definition) is 0. The molecular formula is C14H21BrN2. The normalized spacial score (nSPS) is 17.5. The van der Waals surface area contributed by atoms with E-state index in [0.29, 0.717) is 0 Å². The van der Waals surface area contributed by atoms with Gasteiger partial charge in [-0.05, 0) is 24.5 Å². The van der Waals surface area contributed by atoms with Gasteiger partial charge in [0.2, 0.25) is 0 Å². The lowest BCUT2D eigenvalue weighted by molar-refractivity contribution is 0.157. The van der Waals surface area contributed by atoms with E-state index in [2.05, 4.69) is 31.9 Å². The summed E-state index contributed by atoms with van der Waals surface area (Å²) in [4.78, 5) is 6.82. The first-order valence-electron chi connectivity index (χ1n) is 6.59. The predicted octanol–water partition coefficient (Wildman–Crippen LogP) is 3.61. The van der Waals surface area contributed by atoms with Crippen molar-refractivity contribution in [3.05, 3.63) is 30.1 Å². The molecule has 3 heteroatoms. The molecule has 1 fully saturated rings. The fourth-order valence-electron chi connectivity index (χ4n) is 2.67. The third kappa shape index (κ3) is 4.07. The number of aromatic nitrogens is 1. The molecule has 1 aromatic heterocycles. The summed E-state index contributed by atoms with van der Waals surface area (Å²) in [5.74, 6) is 0. The maximum absolute atomic E-state index is 4.20. The van der Waals surface area contributed by atoms with E-state index >= 15 is 0 Å². The molecule has 0 saturated heterocycles. The minimum absolute atomic E-state index is 0.779. The summed E-state index contributed by atoms with van der Waals surface area (Å²) in [5, 5.41) is 1.06. The van der Waals surface area contributed by atoms with Crippen molar-refractivity contribution in [3.63, 3.8) is 0 Å². The molecule has 0 spiro atoms. The Hall–Kier alpha value is -0.410. The maximum Gasteiger partial charge on any atom is 0.0312 e. The summed E-state index contributed by atoms with van der Waals surface area (Å²) in [7, 11) is 0. The highest BCUT2D eigenvalue weighted by molar-refractivity contribution is 9.09. The largest absolute Gasteiger partial charge is 0.295 e. The Bertz CT molecular complexity index is 309. The molecule has 1 heterocycles. The zero-order valence-electron chi connectivity index (χ0n) is 10.3. The van der Waals surface area contributed by atoms with Gasteiger partial charge in [-0.25, -0.2) is 0 Å². The smallest absolute Gasteiger partial charge is 0.0312 e. The van der Waals surface area contributed by atoms with Crippen LogP contribution in [0.2, 0.25) is 0 Å². The zero-order valence-corrected chi connectivity index (χ0v) is 11.9. The van der Waals surface area contributed by atoms with Gasteiger partial charge in [0.05, 0.1) is 0 Å². The topological polar surface area (TPSA) is 16.1 Å². The SMILES string of the molecule is BrCCN(Cc1cccnc1)C1CCCCC1. The van der Waals surface area contributed by atoms with Gasteiger partial charge in [-0.3, -0.25) is 9.88 Å². The Morgan fingerprint density at radius 1 is 1.29 bits per heavy atom. The van der Waals surface area contributed by atoms with E-state index in [1.165, 1.54) is 37.7 Å². The van der Waals surface area contributed by atoms with E-state index in [-0.39, 0.29) is 0 Å². The van der Waals surface area contributed by atoms with Gasteiger partial charge in [-0.15, -0.1) is 0 Å². The number of hydrogen-bond acceptors (Lipinski definition) is 2. The average Bonchev–Trinajstić information content (AvgIpc) is 2.40. The molecule has 0 bridgehead atoms. The Balaban J connectivity index is 1.96. The Morgan fingerprint density at radius 2 is 2.12 bits per heavy atom. The van der Waals surface area contributed by atoms with Crippen LogP contribution < -0.4 is 0 Å². The van der Waals surface area contributed by atoms with Crippen LogP contribution in [-0.4, -0.2) is 27.8 Å². The molecule has 0 N–H and O–H groups in total. The number of pyridine rings is 1. The third-order valence-electron chi connectivity index (χ3n) is 3.57. The first-order chi connectivity index (χ1) is 8.40. The van der Waals surface area contributed by atoms with Gasteiger partial charge in [-0.1, -0.05) is 41.3 Å². The van der Waals surface area contributed by atoms with Gasteiger partial charge in [0.1, 0.15) is 0 Å². The second-order valence-corrected chi connectivity index (χ2v) is 5.61. The first-order valence-corrected chi connectivity index (χ1v) is 7.71.